The van der Waals surface area contributed by atoms with Crippen LogP contribution >= 0.6 is 15.9 Å². The van der Waals surface area contributed by atoms with E-state index in [2.05, 4.69) is 15.9 Å². The summed E-state index contributed by atoms with van der Waals surface area (Å²) in [5.41, 5.74) is 0.633. The molecule has 1 aromatic carbocycles. The van der Waals surface area contributed by atoms with Crippen molar-refractivity contribution in [3.63, 3.8) is 0 Å². The van der Waals surface area contributed by atoms with Crippen LogP contribution in [0.15, 0.2) is 22.7 Å². The van der Waals surface area contributed by atoms with Crippen LogP contribution in [0.1, 0.15) is 24.3 Å². The zero-order valence-electron chi connectivity index (χ0n) is 7.00. The Kier molecular flexibility index (Phi) is 2.39. The average Bonchev–Trinajstić information content (AvgIpc) is 2.10. The lowest BCUT2D eigenvalue weighted by molar-refractivity contribution is 0.0644. The SMILES string of the molecule is OC1CCC1c1cccc(Br)c1F. The largest absolute Gasteiger partial charge is 0.392 e. The normalized spacial score (nSPS) is 27.0. The van der Waals surface area contributed by atoms with Crippen molar-refractivity contribution in [1.82, 2.24) is 0 Å². The molecule has 13 heavy (non-hydrogen) atoms. The van der Waals surface area contributed by atoms with Crippen molar-refractivity contribution in [2.45, 2.75) is 24.9 Å². The zero-order chi connectivity index (χ0) is 9.42. The van der Waals surface area contributed by atoms with Gasteiger partial charge >= 0.3 is 0 Å². The number of aliphatic hydroxyl groups excluding tert-OH is 1. The van der Waals surface area contributed by atoms with Gasteiger partial charge in [0.05, 0.1) is 10.6 Å². The number of rotatable bonds is 1. The fourth-order valence-electron chi connectivity index (χ4n) is 1.65. The fraction of sp³-hybridized carbons (Fsp3) is 0.400. The molecule has 0 bridgehead atoms. The first-order chi connectivity index (χ1) is 6.20. The van der Waals surface area contributed by atoms with Gasteiger partial charge in [-0.05, 0) is 40.4 Å². The van der Waals surface area contributed by atoms with Crippen molar-refractivity contribution in [3.8, 4) is 0 Å². The molecule has 2 atom stereocenters. The predicted octanol–water partition coefficient (Wildman–Crippen LogP) is 2.83. The minimum absolute atomic E-state index is 0.00231. The summed E-state index contributed by atoms with van der Waals surface area (Å²) in [6.07, 6.45) is 1.31. The van der Waals surface area contributed by atoms with Crippen molar-refractivity contribution in [1.29, 1.82) is 0 Å². The van der Waals surface area contributed by atoms with Crippen LogP contribution in [0.25, 0.3) is 0 Å². The minimum Gasteiger partial charge on any atom is -0.392 e. The summed E-state index contributed by atoms with van der Waals surface area (Å²) in [6, 6.07) is 5.21. The zero-order valence-corrected chi connectivity index (χ0v) is 8.59. The second kappa shape index (κ2) is 3.39. The van der Waals surface area contributed by atoms with Crippen LogP contribution in [0.4, 0.5) is 4.39 Å². The smallest absolute Gasteiger partial charge is 0.140 e. The molecule has 1 aliphatic rings. The quantitative estimate of drug-likeness (QED) is 0.806. The first kappa shape index (κ1) is 9.16. The Bertz CT molecular complexity index is 327. The predicted molar refractivity (Wildman–Crippen MR) is 52.1 cm³/mol. The molecule has 3 heteroatoms. The van der Waals surface area contributed by atoms with Gasteiger partial charge in [0.15, 0.2) is 0 Å². The van der Waals surface area contributed by atoms with Crippen LogP contribution in [0.5, 0.6) is 0 Å². The Balaban J connectivity index is 2.34. The van der Waals surface area contributed by atoms with Gasteiger partial charge in [-0.15, -0.1) is 0 Å². The highest BCUT2D eigenvalue weighted by Crippen LogP contribution is 2.39. The van der Waals surface area contributed by atoms with Crippen molar-refractivity contribution >= 4 is 15.9 Å². The molecule has 0 spiro atoms. The summed E-state index contributed by atoms with van der Waals surface area (Å²) in [5, 5.41) is 9.39. The molecule has 1 aliphatic carbocycles. The van der Waals surface area contributed by atoms with Gasteiger partial charge in [0, 0.05) is 5.92 Å². The summed E-state index contributed by atoms with van der Waals surface area (Å²) >= 11 is 3.13. The topological polar surface area (TPSA) is 20.2 Å². The van der Waals surface area contributed by atoms with E-state index in [4.69, 9.17) is 0 Å². The average molecular weight is 245 g/mol. The molecule has 1 fully saturated rings. The van der Waals surface area contributed by atoms with Crippen molar-refractivity contribution in [3.05, 3.63) is 34.1 Å². The second-order valence-electron chi connectivity index (χ2n) is 3.39. The Labute approximate surface area is 84.7 Å². The van der Waals surface area contributed by atoms with Crippen LogP contribution in [0, 0.1) is 5.82 Å². The Morgan fingerprint density at radius 3 is 2.69 bits per heavy atom. The molecule has 0 amide bonds. The first-order valence-corrected chi connectivity index (χ1v) is 5.11. The molecule has 1 aromatic rings. The lowest BCUT2D eigenvalue weighted by Crippen LogP contribution is -2.29. The molecule has 1 saturated carbocycles. The van der Waals surface area contributed by atoms with E-state index in [1.54, 1.807) is 18.2 Å². The van der Waals surface area contributed by atoms with E-state index in [-0.39, 0.29) is 17.8 Å². The number of halogens is 2. The van der Waals surface area contributed by atoms with Gasteiger partial charge in [0.2, 0.25) is 0 Å². The van der Waals surface area contributed by atoms with Crippen LogP contribution < -0.4 is 0 Å². The maximum absolute atomic E-state index is 13.5. The number of benzene rings is 1. The van der Waals surface area contributed by atoms with Gasteiger partial charge in [-0.1, -0.05) is 12.1 Å². The Morgan fingerprint density at radius 1 is 1.38 bits per heavy atom. The maximum atomic E-state index is 13.5. The monoisotopic (exact) mass is 244 g/mol. The summed E-state index contributed by atoms with van der Waals surface area (Å²) in [4.78, 5) is 0. The van der Waals surface area contributed by atoms with Gasteiger partial charge in [-0.3, -0.25) is 0 Å². The van der Waals surface area contributed by atoms with Gasteiger partial charge in [0.1, 0.15) is 5.82 Å². The molecular formula is C10H10BrFO. The molecule has 0 aliphatic heterocycles. The molecule has 70 valence electrons. The van der Waals surface area contributed by atoms with Crippen molar-refractivity contribution < 1.29 is 9.50 Å². The molecule has 0 heterocycles. The highest BCUT2D eigenvalue weighted by atomic mass is 79.9. The van der Waals surface area contributed by atoms with E-state index in [0.29, 0.717) is 10.0 Å². The highest BCUT2D eigenvalue weighted by molar-refractivity contribution is 9.10. The number of hydrogen-bond acceptors (Lipinski definition) is 1. The van der Waals surface area contributed by atoms with Crippen LogP contribution in [-0.2, 0) is 0 Å². The van der Waals surface area contributed by atoms with E-state index in [9.17, 15) is 9.50 Å². The third-order valence-electron chi connectivity index (χ3n) is 2.62. The third-order valence-corrected chi connectivity index (χ3v) is 3.23. The Hall–Kier alpha value is -0.410. The third kappa shape index (κ3) is 1.51. The maximum Gasteiger partial charge on any atom is 0.140 e. The second-order valence-corrected chi connectivity index (χ2v) is 4.25. The van der Waals surface area contributed by atoms with Gasteiger partial charge in [-0.2, -0.15) is 0 Å². The van der Waals surface area contributed by atoms with Crippen LogP contribution in [-0.4, -0.2) is 11.2 Å². The molecule has 0 radical (unpaired) electrons. The summed E-state index contributed by atoms with van der Waals surface area (Å²) < 4.78 is 14.0. The molecule has 2 unspecified atom stereocenters. The van der Waals surface area contributed by atoms with E-state index >= 15 is 0 Å². The molecule has 0 saturated heterocycles. The summed E-state index contributed by atoms with van der Waals surface area (Å²) in [7, 11) is 0. The molecule has 1 N–H and O–H groups in total. The molecule has 2 rings (SSSR count). The highest BCUT2D eigenvalue weighted by Gasteiger charge is 2.32. The van der Waals surface area contributed by atoms with Gasteiger partial charge in [0.25, 0.3) is 0 Å². The fourth-order valence-corrected chi connectivity index (χ4v) is 2.03. The van der Waals surface area contributed by atoms with E-state index in [1.165, 1.54) is 0 Å². The number of hydrogen-bond donors (Lipinski definition) is 1. The molecular weight excluding hydrogens is 235 g/mol. The first-order valence-electron chi connectivity index (χ1n) is 4.32. The van der Waals surface area contributed by atoms with Crippen LogP contribution in [0.2, 0.25) is 0 Å². The van der Waals surface area contributed by atoms with E-state index in [0.717, 1.165) is 12.8 Å². The molecule has 0 aromatic heterocycles. The Morgan fingerprint density at radius 2 is 2.15 bits per heavy atom. The lowest BCUT2D eigenvalue weighted by atomic mass is 9.77. The van der Waals surface area contributed by atoms with Crippen LogP contribution in [0.3, 0.4) is 0 Å². The van der Waals surface area contributed by atoms with E-state index < -0.39 is 0 Å². The lowest BCUT2D eigenvalue weighted by Gasteiger charge is -2.33. The minimum atomic E-state index is -0.358. The molecule has 1 nitrogen and oxygen atoms in total. The standard InChI is InChI=1S/C10H10BrFO/c11-8-3-1-2-7(10(8)12)6-4-5-9(6)13/h1-3,6,9,13H,4-5H2. The van der Waals surface area contributed by atoms with Crippen molar-refractivity contribution in [2.75, 3.05) is 0 Å². The summed E-state index contributed by atoms with van der Waals surface area (Å²) in [6.45, 7) is 0. The van der Waals surface area contributed by atoms with Gasteiger partial charge in [-0.25, -0.2) is 4.39 Å². The number of aliphatic hydroxyl groups is 1. The van der Waals surface area contributed by atoms with E-state index in [1.807, 2.05) is 0 Å². The van der Waals surface area contributed by atoms with Gasteiger partial charge < -0.3 is 5.11 Å². The summed E-state index contributed by atoms with van der Waals surface area (Å²) in [5.74, 6) is -0.233. The van der Waals surface area contributed by atoms with Crippen molar-refractivity contribution in [2.24, 2.45) is 0 Å².